The van der Waals surface area contributed by atoms with Crippen LogP contribution in [0.2, 0.25) is 0 Å². The molecule has 0 aromatic heterocycles. The molecule has 76 valence electrons. The van der Waals surface area contributed by atoms with Crippen molar-refractivity contribution in [2.24, 2.45) is 0 Å². The third-order valence-electron chi connectivity index (χ3n) is 2.68. The number of rotatable bonds is 4. The lowest BCUT2D eigenvalue weighted by molar-refractivity contribution is 0.577. The van der Waals surface area contributed by atoms with E-state index in [-0.39, 0.29) is 5.66 Å². The van der Waals surface area contributed by atoms with E-state index in [1.807, 2.05) is 37.3 Å². The Hall–Kier alpha value is -0.810. The van der Waals surface area contributed by atoms with Crippen LogP contribution in [0, 0.1) is 0 Å². The van der Waals surface area contributed by atoms with Gasteiger partial charge in [-0.3, -0.25) is 0 Å². The van der Waals surface area contributed by atoms with Crippen molar-refractivity contribution in [3.8, 4) is 0 Å². The fourth-order valence-electron chi connectivity index (χ4n) is 1.47. The van der Waals surface area contributed by atoms with E-state index in [0.717, 1.165) is 11.7 Å². The predicted octanol–water partition coefficient (Wildman–Crippen LogP) is 3.62. The van der Waals surface area contributed by atoms with Gasteiger partial charge in [-0.1, -0.05) is 50.8 Å². The van der Waals surface area contributed by atoms with Crippen molar-refractivity contribution < 1.29 is 4.57 Å². The quantitative estimate of drug-likeness (QED) is 0.691. The molecule has 0 aliphatic rings. The lowest BCUT2D eigenvalue weighted by Gasteiger charge is -2.20. The Labute approximate surface area is 86.2 Å². The first-order valence-corrected chi connectivity index (χ1v) is 6.78. The summed E-state index contributed by atoms with van der Waals surface area (Å²) in [4.78, 5) is 0. The van der Waals surface area contributed by atoms with Crippen LogP contribution in [-0.2, 0) is 4.57 Å². The summed E-state index contributed by atoms with van der Waals surface area (Å²) in [5.41, 5.74) is 0.183. The first-order chi connectivity index (χ1) is 6.65. The summed E-state index contributed by atoms with van der Waals surface area (Å²) < 4.78 is 12.6. The van der Waals surface area contributed by atoms with E-state index in [9.17, 15) is 4.57 Å². The molecule has 2 heteroatoms. The summed E-state index contributed by atoms with van der Waals surface area (Å²) >= 11 is 0. The maximum absolute atomic E-state index is 12.6. The molecule has 0 amide bonds. The standard InChI is InChI=1S/C12H17OP/c1-4-11(3)14(13,5-2)12-9-7-6-8-10-12/h5-11H,2,4H2,1,3H3. The first kappa shape index (κ1) is 11.3. The van der Waals surface area contributed by atoms with Gasteiger partial charge in [0.2, 0.25) is 0 Å². The highest BCUT2D eigenvalue weighted by atomic mass is 31.2. The molecule has 0 radical (unpaired) electrons. The van der Waals surface area contributed by atoms with Crippen molar-refractivity contribution in [3.05, 3.63) is 42.7 Å². The second-order valence-electron chi connectivity index (χ2n) is 3.48. The highest BCUT2D eigenvalue weighted by molar-refractivity contribution is 7.75. The van der Waals surface area contributed by atoms with Gasteiger partial charge in [-0.2, -0.15) is 0 Å². The largest absolute Gasteiger partial charge is 0.314 e. The summed E-state index contributed by atoms with van der Waals surface area (Å²) in [6.45, 7) is 7.80. The zero-order valence-electron chi connectivity index (χ0n) is 8.81. The zero-order valence-corrected chi connectivity index (χ0v) is 9.71. The lowest BCUT2D eigenvalue weighted by Crippen LogP contribution is -2.12. The molecule has 0 spiro atoms. The van der Waals surface area contributed by atoms with Gasteiger partial charge >= 0.3 is 0 Å². The summed E-state index contributed by atoms with van der Waals surface area (Å²) in [6, 6.07) is 9.64. The smallest absolute Gasteiger partial charge is 0.138 e. The van der Waals surface area contributed by atoms with Crippen molar-refractivity contribution in [3.63, 3.8) is 0 Å². The third-order valence-corrected chi connectivity index (χ3v) is 6.00. The van der Waals surface area contributed by atoms with Crippen LogP contribution in [0.3, 0.4) is 0 Å². The Morgan fingerprint density at radius 2 is 2.00 bits per heavy atom. The van der Waals surface area contributed by atoms with Gasteiger partial charge in [0, 0.05) is 11.0 Å². The van der Waals surface area contributed by atoms with Gasteiger partial charge in [-0.25, -0.2) is 0 Å². The minimum Gasteiger partial charge on any atom is -0.314 e. The minimum absolute atomic E-state index is 0.183. The number of benzene rings is 1. The highest BCUT2D eigenvalue weighted by Crippen LogP contribution is 2.51. The maximum Gasteiger partial charge on any atom is 0.138 e. The molecule has 0 saturated heterocycles. The van der Waals surface area contributed by atoms with Crippen LogP contribution in [0.1, 0.15) is 20.3 Å². The molecule has 1 nitrogen and oxygen atoms in total. The van der Waals surface area contributed by atoms with Gasteiger partial charge in [-0.15, -0.1) is 0 Å². The van der Waals surface area contributed by atoms with E-state index in [1.54, 1.807) is 5.82 Å². The molecular weight excluding hydrogens is 191 g/mol. The number of hydrogen-bond donors (Lipinski definition) is 0. The minimum atomic E-state index is -2.38. The van der Waals surface area contributed by atoms with E-state index in [1.165, 1.54) is 0 Å². The molecule has 0 saturated carbocycles. The van der Waals surface area contributed by atoms with Gasteiger partial charge in [0.15, 0.2) is 0 Å². The fraction of sp³-hybridized carbons (Fsp3) is 0.333. The fourth-order valence-corrected chi connectivity index (χ4v) is 3.73. The van der Waals surface area contributed by atoms with Crippen molar-refractivity contribution in [2.45, 2.75) is 25.9 Å². The molecular formula is C12H17OP. The second kappa shape index (κ2) is 4.61. The number of hydrogen-bond acceptors (Lipinski definition) is 1. The van der Waals surface area contributed by atoms with E-state index in [2.05, 4.69) is 13.5 Å². The van der Waals surface area contributed by atoms with Crippen molar-refractivity contribution in [1.82, 2.24) is 0 Å². The normalized spacial score (nSPS) is 17.0. The van der Waals surface area contributed by atoms with Gasteiger partial charge in [-0.05, 0) is 12.2 Å². The molecule has 1 aromatic carbocycles. The summed E-state index contributed by atoms with van der Waals surface area (Å²) in [7, 11) is -2.38. The molecule has 2 atom stereocenters. The molecule has 0 aliphatic carbocycles. The van der Waals surface area contributed by atoms with Crippen LogP contribution in [0.4, 0.5) is 0 Å². The van der Waals surface area contributed by atoms with E-state index >= 15 is 0 Å². The predicted molar refractivity (Wildman–Crippen MR) is 63.6 cm³/mol. The van der Waals surface area contributed by atoms with E-state index in [4.69, 9.17) is 0 Å². The van der Waals surface area contributed by atoms with Crippen molar-refractivity contribution >= 4 is 12.4 Å². The Balaban J connectivity index is 3.15. The van der Waals surface area contributed by atoms with Crippen LogP contribution in [-0.4, -0.2) is 5.66 Å². The second-order valence-corrected chi connectivity index (χ2v) is 6.67. The Morgan fingerprint density at radius 1 is 1.43 bits per heavy atom. The highest BCUT2D eigenvalue weighted by Gasteiger charge is 2.26. The van der Waals surface area contributed by atoms with Gasteiger partial charge in [0.05, 0.1) is 0 Å². The third kappa shape index (κ3) is 1.99. The summed E-state index contributed by atoms with van der Waals surface area (Å²) in [5, 5.41) is 0.921. The first-order valence-electron chi connectivity index (χ1n) is 4.93. The maximum atomic E-state index is 12.6. The summed E-state index contributed by atoms with van der Waals surface area (Å²) in [6.07, 6.45) is 0.915. The molecule has 14 heavy (non-hydrogen) atoms. The molecule has 0 bridgehead atoms. The van der Waals surface area contributed by atoms with Gasteiger partial charge in [0.1, 0.15) is 7.14 Å². The Kier molecular flexibility index (Phi) is 3.71. The van der Waals surface area contributed by atoms with Crippen molar-refractivity contribution in [2.75, 3.05) is 0 Å². The average molecular weight is 208 g/mol. The van der Waals surface area contributed by atoms with Crippen molar-refractivity contribution in [1.29, 1.82) is 0 Å². The van der Waals surface area contributed by atoms with Gasteiger partial charge < -0.3 is 4.57 Å². The van der Waals surface area contributed by atoms with Crippen LogP contribution in [0.5, 0.6) is 0 Å². The molecule has 0 aliphatic heterocycles. The Morgan fingerprint density at radius 3 is 2.43 bits per heavy atom. The topological polar surface area (TPSA) is 17.1 Å². The monoisotopic (exact) mass is 208 g/mol. The van der Waals surface area contributed by atoms with Crippen LogP contribution < -0.4 is 5.30 Å². The van der Waals surface area contributed by atoms with E-state index < -0.39 is 7.14 Å². The molecule has 0 N–H and O–H groups in total. The van der Waals surface area contributed by atoms with E-state index in [0.29, 0.717) is 0 Å². The summed E-state index contributed by atoms with van der Waals surface area (Å²) in [5.74, 6) is 1.64. The Bertz CT molecular complexity index is 343. The molecule has 0 heterocycles. The molecule has 1 rings (SSSR count). The average Bonchev–Trinajstić information content (AvgIpc) is 2.28. The lowest BCUT2D eigenvalue weighted by atomic mass is 10.4. The SMILES string of the molecule is C=CP(=O)(c1ccccc1)C(C)CC. The molecule has 1 aromatic rings. The molecule has 2 unspecified atom stereocenters. The zero-order chi connectivity index (χ0) is 10.6. The van der Waals surface area contributed by atoms with Crippen LogP contribution in [0.15, 0.2) is 42.7 Å². The van der Waals surface area contributed by atoms with Gasteiger partial charge in [0.25, 0.3) is 0 Å². The van der Waals surface area contributed by atoms with Crippen LogP contribution >= 0.6 is 7.14 Å². The van der Waals surface area contributed by atoms with Crippen LogP contribution in [0.25, 0.3) is 0 Å². The molecule has 0 fully saturated rings.